The minimum absolute atomic E-state index is 0.277. The maximum Gasteiger partial charge on any atom is 0.0141 e. The van der Waals surface area contributed by atoms with Crippen molar-refractivity contribution < 1.29 is 0 Å². The Labute approximate surface area is 71.1 Å². The first-order valence-electron chi connectivity index (χ1n) is 4.27. The van der Waals surface area contributed by atoms with Crippen molar-refractivity contribution in [1.29, 1.82) is 0 Å². The van der Waals surface area contributed by atoms with Crippen molar-refractivity contribution in [2.45, 2.75) is 34.1 Å². The van der Waals surface area contributed by atoms with Crippen molar-refractivity contribution in [3.8, 4) is 0 Å². The van der Waals surface area contributed by atoms with Crippen molar-refractivity contribution in [1.82, 2.24) is 4.90 Å². The fourth-order valence-corrected chi connectivity index (χ4v) is 1.35. The molecule has 0 unspecified atom stereocenters. The van der Waals surface area contributed by atoms with Crippen LogP contribution in [0.2, 0.25) is 0 Å². The molecule has 11 heavy (non-hydrogen) atoms. The predicted octanol–water partition coefficient (Wildman–Crippen LogP) is 2.89. The van der Waals surface area contributed by atoms with Gasteiger partial charge in [-0.2, -0.15) is 0 Å². The summed E-state index contributed by atoms with van der Waals surface area (Å²) < 4.78 is 0. The molecule has 0 heterocycles. The smallest absolute Gasteiger partial charge is 0.0141 e. The second-order valence-electron chi connectivity index (χ2n) is 4.14. The molecule has 1 nitrogen and oxygen atoms in total. The minimum atomic E-state index is 0.277. The molecule has 0 saturated heterocycles. The molecule has 0 spiro atoms. The monoisotopic (exact) mass is 155 g/mol. The van der Waals surface area contributed by atoms with E-state index < -0.39 is 0 Å². The summed E-state index contributed by atoms with van der Waals surface area (Å²) in [5.74, 6) is 0. The van der Waals surface area contributed by atoms with E-state index in [-0.39, 0.29) is 5.41 Å². The lowest BCUT2D eigenvalue weighted by atomic mass is 9.90. The van der Waals surface area contributed by atoms with Crippen molar-refractivity contribution in [2.75, 3.05) is 14.1 Å². The van der Waals surface area contributed by atoms with Crippen LogP contribution in [0.15, 0.2) is 11.8 Å². The van der Waals surface area contributed by atoms with Crippen LogP contribution < -0.4 is 0 Å². The van der Waals surface area contributed by atoms with E-state index in [1.54, 1.807) is 0 Å². The summed E-state index contributed by atoms with van der Waals surface area (Å²) in [5, 5.41) is 0. The maximum atomic E-state index is 2.29. The van der Waals surface area contributed by atoms with Gasteiger partial charge in [-0.15, -0.1) is 0 Å². The fraction of sp³-hybridized carbons (Fsp3) is 0.800. The molecule has 0 aliphatic carbocycles. The first-order chi connectivity index (χ1) is 4.89. The molecule has 1 heteroatoms. The van der Waals surface area contributed by atoms with E-state index in [2.05, 4.69) is 52.8 Å². The van der Waals surface area contributed by atoms with Gasteiger partial charge >= 0.3 is 0 Å². The maximum absolute atomic E-state index is 2.29. The summed E-state index contributed by atoms with van der Waals surface area (Å²) in [4.78, 5) is 2.20. The molecule has 0 aliphatic heterocycles. The summed E-state index contributed by atoms with van der Waals surface area (Å²) in [6.45, 7) is 8.91. The van der Waals surface area contributed by atoms with Crippen molar-refractivity contribution in [2.24, 2.45) is 5.41 Å². The number of hydrogen-bond donors (Lipinski definition) is 0. The molecular weight excluding hydrogens is 134 g/mol. The van der Waals surface area contributed by atoms with Crippen LogP contribution in [0.25, 0.3) is 0 Å². The van der Waals surface area contributed by atoms with Crippen LogP contribution in [-0.4, -0.2) is 19.0 Å². The Kier molecular flexibility index (Phi) is 3.64. The van der Waals surface area contributed by atoms with Gasteiger partial charge in [0.25, 0.3) is 0 Å². The van der Waals surface area contributed by atoms with Crippen LogP contribution in [0.5, 0.6) is 0 Å². The Morgan fingerprint density at radius 2 is 1.73 bits per heavy atom. The molecule has 0 saturated carbocycles. The molecule has 0 aromatic heterocycles. The number of allylic oxidation sites excluding steroid dienone is 2. The topological polar surface area (TPSA) is 3.24 Å². The number of nitrogens with zero attached hydrogens (tertiary/aromatic N) is 1. The predicted molar refractivity (Wildman–Crippen MR) is 51.5 cm³/mol. The molecule has 0 bridgehead atoms. The lowest BCUT2D eigenvalue weighted by Gasteiger charge is -2.29. The average Bonchev–Trinajstić information content (AvgIpc) is 1.79. The first-order valence-corrected chi connectivity index (χ1v) is 4.27. The summed E-state index contributed by atoms with van der Waals surface area (Å²) >= 11 is 0. The van der Waals surface area contributed by atoms with Crippen LogP contribution in [-0.2, 0) is 0 Å². The van der Waals surface area contributed by atoms with Crippen LogP contribution >= 0.6 is 0 Å². The Morgan fingerprint density at radius 3 is 1.82 bits per heavy atom. The highest BCUT2D eigenvalue weighted by Gasteiger charge is 2.17. The van der Waals surface area contributed by atoms with Gasteiger partial charge in [-0.3, -0.25) is 0 Å². The normalized spacial score (nSPS) is 13.5. The summed E-state index contributed by atoms with van der Waals surface area (Å²) in [6, 6.07) is 0. The summed E-state index contributed by atoms with van der Waals surface area (Å²) in [6.07, 6.45) is 3.41. The van der Waals surface area contributed by atoms with Crippen molar-refractivity contribution in [3.63, 3.8) is 0 Å². The number of hydrogen-bond acceptors (Lipinski definition) is 1. The standard InChI is InChI=1S/C10H21N/c1-7-8-9(11(5)6)10(2,3)4/h8H,7H2,1-6H3/b9-8-. The summed E-state index contributed by atoms with van der Waals surface area (Å²) in [7, 11) is 4.21. The van der Waals surface area contributed by atoms with E-state index in [1.807, 2.05) is 0 Å². The zero-order valence-corrected chi connectivity index (χ0v) is 8.73. The van der Waals surface area contributed by atoms with Gasteiger partial charge < -0.3 is 4.90 Å². The zero-order chi connectivity index (χ0) is 9.07. The van der Waals surface area contributed by atoms with Crippen molar-refractivity contribution in [3.05, 3.63) is 11.8 Å². The van der Waals surface area contributed by atoms with E-state index in [0.717, 1.165) is 6.42 Å². The van der Waals surface area contributed by atoms with Gasteiger partial charge in [0, 0.05) is 25.2 Å². The number of rotatable bonds is 2. The van der Waals surface area contributed by atoms with Crippen molar-refractivity contribution >= 4 is 0 Å². The Bertz CT molecular complexity index is 137. The lowest BCUT2D eigenvalue weighted by Crippen LogP contribution is -2.23. The van der Waals surface area contributed by atoms with Crippen LogP contribution in [0.4, 0.5) is 0 Å². The highest BCUT2D eigenvalue weighted by atomic mass is 15.1. The first kappa shape index (κ1) is 10.5. The Morgan fingerprint density at radius 1 is 1.27 bits per heavy atom. The van der Waals surface area contributed by atoms with Gasteiger partial charge in [0.15, 0.2) is 0 Å². The zero-order valence-electron chi connectivity index (χ0n) is 8.73. The molecule has 0 aromatic rings. The quantitative estimate of drug-likeness (QED) is 0.592. The van der Waals surface area contributed by atoms with Crippen LogP contribution in [0, 0.1) is 5.41 Å². The Balaban J connectivity index is 4.49. The molecule has 0 rings (SSSR count). The third-order valence-corrected chi connectivity index (χ3v) is 1.65. The fourth-order valence-electron chi connectivity index (χ4n) is 1.35. The van der Waals surface area contributed by atoms with E-state index in [9.17, 15) is 0 Å². The highest BCUT2D eigenvalue weighted by Crippen LogP contribution is 2.26. The third-order valence-electron chi connectivity index (χ3n) is 1.65. The van der Waals surface area contributed by atoms with Gasteiger partial charge in [0.1, 0.15) is 0 Å². The molecule has 0 atom stereocenters. The SMILES string of the molecule is CC/C=C(\N(C)C)C(C)(C)C. The second-order valence-corrected chi connectivity index (χ2v) is 4.14. The highest BCUT2D eigenvalue weighted by molar-refractivity contribution is 5.08. The minimum Gasteiger partial charge on any atom is -0.381 e. The van der Waals surface area contributed by atoms with E-state index in [4.69, 9.17) is 0 Å². The summed E-state index contributed by atoms with van der Waals surface area (Å²) in [5.41, 5.74) is 1.69. The van der Waals surface area contributed by atoms with Crippen LogP contribution in [0.1, 0.15) is 34.1 Å². The van der Waals surface area contributed by atoms with E-state index in [1.165, 1.54) is 5.70 Å². The largest absolute Gasteiger partial charge is 0.381 e. The molecular formula is C10H21N. The Hall–Kier alpha value is -0.460. The van der Waals surface area contributed by atoms with Crippen LogP contribution in [0.3, 0.4) is 0 Å². The second kappa shape index (κ2) is 3.80. The lowest BCUT2D eigenvalue weighted by molar-refractivity contribution is 0.351. The molecule has 66 valence electrons. The third kappa shape index (κ3) is 3.45. The van der Waals surface area contributed by atoms with Gasteiger partial charge in [0.05, 0.1) is 0 Å². The van der Waals surface area contributed by atoms with Gasteiger partial charge in [0.2, 0.25) is 0 Å². The van der Waals surface area contributed by atoms with Gasteiger partial charge in [-0.1, -0.05) is 33.8 Å². The molecule has 0 aromatic carbocycles. The molecule has 0 fully saturated rings. The molecule has 0 aliphatic rings. The van der Waals surface area contributed by atoms with E-state index >= 15 is 0 Å². The average molecular weight is 155 g/mol. The van der Waals surface area contributed by atoms with E-state index in [0.29, 0.717) is 0 Å². The molecule has 0 N–H and O–H groups in total. The molecule has 0 radical (unpaired) electrons. The molecule has 0 amide bonds. The van der Waals surface area contributed by atoms with Gasteiger partial charge in [-0.05, 0) is 6.42 Å². The van der Waals surface area contributed by atoms with Gasteiger partial charge in [-0.25, -0.2) is 0 Å².